The molecule has 0 saturated heterocycles. The van der Waals surface area contributed by atoms with Gasteiger partial charge in [-0.05, 0) is 24.3 Å². The number of ether oxygens (including phenoxy) is 3. The van der Waals surface area contributed by atoms with Crippen molar-refractivity contribution in [3.05, 3.63) is 58.8 Å². The summed E-state index contributed by atoms with van der Waals surface area (Å²) in [4.78, 5) is 24.5. The molecule has 3 aromatic rings. The quantitative estimate of drug-likeness (QED) is 0.515. The molecular formula is C20H16ClF2NO6. The smallest absolute Gasteiger partial charge is 0.387 e. The van der Waals surface area contributed by atoms with Crippen molar-refractivity contribution in [2.45, 2.75) is 13.2 Å². The Hall–Kier alpha value is -3.17. The molecule has 0 bridgehead atoms. The highest BCUT2D eigenvalue weighted by atomic mass is 35.5. The summed E-state index contributed by atoms with van der Waals surface area (Å²) in [5.41, 5.74) is 1.22. The van der Waals surface area contributed by atoms with Gasteiger partial charge in [0.15, 0.2) is 6.61 Å². The molecule has 3 rings (SSSR count). The number of benzene rings is 2. The summed E-state index contributed by atoms with van der Waals surface area (Å²) in [6.45, 7) is -3.50. The van der Waals surface area contributed by atoms with Gasteiger partial charge in [0, 0.05) is 23.7 Å². The van der Waals surface area contributed by atoms with Crippen molar-refractivity contribution in [2.75, 3.05) is 19.0 Å². The lowest BCUT2D eigenvalue weighted by Gasteiger charge is -2.10. The number of carbonyl (C=O) groups excluding carboxylic acids is 2. The average Bonchev–Trinajstić information content (AvgIpc) is 3.07. The third-order valence-corrected chi connectivity index (χ3v) is 4.23. The predicted molar refractivity (Wildman–Crippen MR) is 104 cm³/mol. The summed E-state index contributed by atoms with van der Waals surface area (Å²) in [6, 6.07) is 10.8. The minimum Gasteiger partial charge on any atom is -0.450 e. The molecule has 0 fully saturated rings. The Morgan fingerprint density at radius 3 is 2.67 bits per heavy atom. The molecule has 1 N–H and O–H groups in total. The lowest BCUT2D eigenvalue weighted by molar-refractivity contribution is -0.119. The summed E-state index contributed by atoms with van der Waals surface area (Å²) in [5.74, 6) is -1.77. The molecule has 0 aliphatic rings. The van der Waals surface area contributed by atoms with Crippen LogP contribution in [0.25, 0.3) is 11.0 Å². The molecular weight excluding hydrogens is 424 g/mol. The number of hydrogen-bond donors (Lipinski definition) is 1. The van der Waals surface area contributed by atoms with Gasteiger partial charge in [-0.3, -0.25) is 4.79 Å². The first-order valence-corrected chi connectivity index (χ1v) is 8.97. The third kappa shape index (κ3) is 5.05. The van der Waals surface area contributed by atoms with Gasteiger partial charge in [-0.15, -0.1) is 0 Å². The molecule has 1 heterocycles. The zero-order valence-electron chi connectivity index (χ0n) is 15.6. The molecule has 0 radical (unpaired) electrons. The number of alkyl halides is 2. The Bertz CT molecular complexity index is 1070. The molecule has 158 valence electrons. The van der Waals surface area contributed by atoms with E-state index < -0.39 is 25.1 Å². The molecule has 2 aromatic carbocycles. The first-order valence-electron chi connectivity index (χ1n) is 8.59. The van der Waals surface area contributed by atoms with Gasteiger partial charge in [0.25, 0.3) is 5.91 Å². The maximum atomic E-state index is 12.4. The number of para-hydroxylation sites is 1. The highest BCUT2D eigenvalue weighted by Gasteiger charge is 2.22. The van der Waals surface area contributed by atoms with Crippen molar-refractivity contribution in [3.63, 3.8) is 0 Å². The van der Waals surface area contributed by atoms with Gasteiger partial charge in [-0.25, -0.2) is 4.79 Å². The van der Waals surface area contributed by atoms with Crippen LogP contribution in [-0.4, -0.2) is 32.2 Å². The van der Waals surface area contributed by atoms with Crippen LogP contribution in [0, 0.1) is 0 Å². The van der Waals surface area contributed by atoms with Crippen LogP contribution in [0.2, 0.25) is 5.02 Å². The van der Waals surface area contributed by atoms with Gasteiger partial charge >= 0.3 is 12.6 Å². The second-order valence-electron chi connectivity index (χ2n) is 5.99. The molecule has 0 aliphatic carbocycles. The molecule has 0 spiro atoms. The molecule has 0 unspecified atom stereocenters. The van der Waals surface area contributed by atoms with E-state index in [4.69, 9.17) is 25.5 Å². The number of furan rings is 1. The maximum Gasteiger partial charge on any atom is 0.387 e. The van der Waals surface area contributed by atoms with Crippen LogP contribution in [-0.2, 0) is 20.9 Å². The van der Waals surface area contributed by atoms with Gasteiger partial charge in [0.1, 0.15) is 11.3 Å². The number of amides is 1. The molecule has 0 aliphatic heterocycles. The summed E-state index contributed by atoms with van der Waals surface area (Å²) < 4.78 is 44.4. The van der Waals surface area contributed by atoms with Crippen molar-refractivity contribution in [2.24, 2.45) is 0 Å². The predicted octanol–water partition coefficient (Wildman–Crippen LogP) is 4.63. The number of hydrogen-bond acceptors (Lipinski definition) is 6. The van der Waals surface area contributed by atoms with Crippen molar-refractivity contribution in [1.82, 2.24) is 0 Å². The largest absolute Gasteiger partial charge is 0.450 e. The Balaban J connectivity index is 1.64. The van der Waals surface area contributed by atoms with E-state index in [0.717, 1.165) is 0 Å². The van der Waals surface area contributed by atoms with E-state index in [1.807, 2.05) is 0 Å². The second kappa shape index (κ2) is 9.55. The number of halogens is 3. The van der Waals surface area contributed by atoms with Crippen molar-refractivity contribution in [1.29, 1.82) is 0 Å². The Morgan fingerprint density at radius 1 is 1.20 bits per heavy atom. The van der Waals surface area contributed by atoms with E-state index in [1.54, 1.807) is 24.3 Å². The van der Waals surface area contributed by atoms with Gasteiger partial charge in [0.2, 0.25) is 5.76 Å². The van der Waals surface area contributed by atoms with Gasteiger partial charge in [0.05, 0.1) is 11.6 Å². The summed E-state index contributed by atoms with van der Waals surface area (Å²) in [5, 5.41) is 3.03. The summed E-state index contributed by atoms with van der Waals surface area (Å²) >= 11 is 5.83. The highest BCUT2D eigenvalue weighted by molar-refractivity contribution is 6.32. The SMILES string of the molecule is COCc1c(C(=O)OCC(=O)Nc2ccc(OC(F)F)c(Cl)c2)oc2ccccc12. The Labute approximate surface area is 174 Å². The summed E-state index contributed by atoms with van der Waals surface area (Å²) in [6.07, 6.45) is 0. The van der Waals surface area contributed by atoms with E-state index in [1.165, 1.54) is 25.3 Å². The van der Waals surface area contributed by atoms with E-state index in [2.05, 4.69) is 10.1 Å². The van der Waals surface area contributed by atoms with E-state index in [9.17, 15) is 18.4 Å². The number of carbonyl (C=O) groups is 2. The molecule has 1 aromatic heterocycles. The zero-order chi connectivity index (χ0) is 21.7. The van der Waals surface area contributed by atoms with Crippen LogP contribution in [0.15, 0.2) is 46.9 Å². The number of esters is 1. The zero-order valence-corrected chi connectivity index (χ0v) is 16.4. The minimum absolute atomic E-state index is 0.0533. The normalized spacial score (nSPS) is 11.0. The number of fused-ring (bicyclic) bond motifs is 1. The van der Waals surface area contributed by atoms with Crippen molar-refractivity contribution >= 4 is 40.1 Å². The Kier molecular flexibility index (Phi) is 6.86. The summed E-state index contributed by atoms with van der Waals surface area (Å²) in [7, 11) is 1.48. The first kappa shape index (κ1) is 21.5. The maximum absolute atomic E-state index is 12.4. The molecule has 10 heteroatoms. The van der Waals surface area contributed by atoms with Crippen LogP contribution in [0.3, 0.4) is 0 Å². The topological polar surface area (TPSA) is 87.0 Å². The number of methoxy groups -OCH3 is 1. The van der Waals surface area contributed by atoms with Gasteiger partial charge in [-0.1, -0.05) is 29.8 Å². The van der Waals surface area contributed by atoms with Crippen LogP contribution in [0.4, 0.5) is 14.5 Å². The second-order valence-corrected chi connectivity index (χ2v) is 6.39. The van der Waals surface area contributed by atoms with Crippen LogP contribution >= 0.6 is 11.6 Å². The lowest BCUT2D eigenvalue weighted by Crippen LogP contribution is -2.21. The van der Waals surface area contributed by atoms with E-state index >= 15 is 0 Å². The molecule has 0 atom stereocenters. The van der Waals surface area contributed by atoms with Gasteiger partial charge in [-0.2, -0.15) is 8.78 Å². The van der Waals surface area contributed by atoms with E-state index in [-0.39, 0.29) is 28.8 Å². The highest BCUT2D eigenvalue weighted by Crippen LogP contribution is 2.29. The fourth-order valence-electron chi connectivity index (χ4n) is 2.72. The Morgan fingerprint density at radius 2 is 1.97 bits per heavy atom. The average molecular weight is 440 g/mol. The third-order valence-electron chi connectivity index (χ3n) is 3.94. The molecule has 0 saturated carbocycles. The number of anilines is 1. The molecule has 30 heavy (non-hydrogen) atoms. The number of rotatable bonds is 8. The van der Waals surface area contributed by atoms with Crippen molar-refractivity contribution in [3.8, 4) is 5.75 Å². The number of nitrogens with one attached hydrogen (secondary N) is 1. The fourth-order valence-corrected chi connectivity index (χ4v) is 2.94. The molecule has 1 amide bonds. The minimum atomic E-state index is -3.02. The monoisotopic (exact) mass is 439 g/mol. The van der Waals surface area contributed by atoms with Gasteiger partial charge < -0.3 is 23.9 Å². The fraction of sp³-hybridized carbons (Fsp3) is 0.200. The first-order chi connectivity index (χ1) is 14.4. The van der Waals surface area contributed by atoms with Crippen LogP contribution < -0.4 is 10.1 Å². The van der Waals surface area contributed by atoms with E-state index in [0.29, 0.717) is 16.5 Å². The lowest BCUT2D eigenvalue weighted by atomic mass is 10.1. The standard InChI is InChI=1S/C20H16ClF2NO6/c1-27-9-13-12-4-2-3-5-15(12)29-18(13)19(26)28-10-17(25)24-11-6-7-16(14(21)8-11)30-20(22)23/h2-8,20H,9-10H2,1H3,(H,24,25). The van der Waals surface area contributed by atoms with Crippen LogP contribution in [0.5, 0.6) is 5.75 Å². The van der Waals surface area contributed by atoms with Crippen LogP contribution in [0.1, 0.15) is 16.1 Å². The van der Waals surface area contributed by atoms with Crippen molar-refractivity contribution < 1.29 is 37.0 Å². The molecule has 7 nitrogen and oxygen atoms in total.